The van der Waals surface area contributed by atoms with Crippen LogP contribution in [0.25, 0.3) is 10.9 Å². The summed E-state index contributed by atoms with van der Waals surface area (Å²) in [5, 5.41) is 1.04. The minimum Gasteiger partial charge on any atom is -0.332 e. The van der Waals surface area contributed by atoms with E-state index in [4.69, 9.17) is 0 Å². The van der Waals surface area contributed by atoms with Gasteiger partial charge in [0.15, 0.2) is 0 Å². The highest BCUT2D eigenvalue weighted by Crippen LogP contribution is 2.21. The number of fused-ring (bicyclic) bond motifs is 1. The van der Waals surface area contributed by atoms with E-state index in [-0.39, 0.29) is 18.4 Å². The predicted molar refractivity (Wildman–Crippen MR) is 88.6 cm³/mol. The largest absolute Gasteiger partial charge is 0.332 e. The monoisotopic (exact) mass is 311 g/mol. The molecule has 120 valence electrons. The third kappa shape index (κ3) is 2.91. The zero-order chi connectivity index (χ0) is 16.4. The molecule has 5 heteroatoms. The van der Waals surface area contributed by atoms with Gasteiger partial charge in [-0.3, -0.25) is 14.6 Å². The lowest BCUT2D eigenvalue weighted by molar-refractivity contribution is -0.155. The zero-order valence-corrected chi connectivity index (χ0v) is 13.5. The number of aromatic nitrogens is 1. The van der Waals surface area contributed by atoms with Crippen molar-refractivity contribution in [3.8, 4) is 0 Å². The van der Waals surface area contributed by atoms with Crippen LogP contribution in [-0.2, 0) is 16.1 Å². The average molecular weight is 311 g/mol. The molecule has 0 unspecified atom stereocenters. The summed E-state index contributed by atoms with van der Waals surface area (Å²) in [7, 11) is 0. The van der Waals surface area contributed by atoms with Crippen molar-refractivity contribution in [1.29, 1.82) is 0 Å². The van der Waals surface area contributed by atoms with E-state index in [2.05, 4.69) is 4.98 Å². The van der Waals surface area contributed by atoms with Crippen molar-refractivity contribution in [3.63, 3.8) is 0 Å². The normalized spacial score (nSPS) is 18.8. The number of carbonyl (C=O) groups is 2. The Balaban J connectivity index is 1.87. The molecule has 1 fully saturated rings. The first kappa shape index (κ1) is 15.5. The summed E-state index contributed by atoms with van der Waals surface area (Å²) in [5.41, 5.74) is 1.86. The number of piperazine rings is 1. The molecule has 0 saturated carbocycles. The SMILES string of the molecule is CCCN1CC(=O)N(Cc2cccc3cccnc23)[C@@H](C)C1=O. The fourth-order valence-corrected chi connectivity index (χ4v) is 3.11. The van der Waals surface area contributed by atoms with E-state index in [0.29, 0.717) is 13.1 Å². The highest BCUT2D eigenvalue weighted by atomic mass is 16.2. The molecule has 1 aromatic carbocycles. The van der Waals surface area contributed by atoms with Crippen molar-refractivity contribution in [2.45, 2.75) is 32.9 Å². The van der Waals surface area contributed by atoms with Crippen molar-refractivity contribution in [2.24, 2.45) is 0 Å². The Kier molecular flexibility index (Phi) is 4.28. The number of amides is 2. The Morgan fingerprint density at radius 3 is 2.78 bits per heavy atom. The predicted octanol–water partition coefficient (Wildman–Crippen LogP) is 2.20. The van der Waals surface area contributed by atoms with Gasteiger partial charge in [0.25, 0.3) is 0 Å². The van der Waals surface area contributed by atoms with Crippen LogP contribution >= 0.6 is 0 Å². The third-order valence-corrected chi connectivity index (χ3v) is 4.33. The summed E-state index contributed by atoms with van der Waals surface area (Å²) in [6.07, 6.45) is 2.61. The van der Waals surface area contributed by atoms with Crippen molar-refractivity contribution in [3.05, 3.63) is 42.1 Å². The van der Waals surface area contributed by atoms with Crippen LogP contribution < -0.4 is 0 Å². The molecule has 0 N–H and O–H groups in total. The van der Waals surface area contributed by atoms with Crippen LogP contribution in [0.3, 0.4) is 0 Å². The molecule has 1 saturated heterocycles. The number of hydrogen-bond donors (Lipinski definition) is 0. The summed E-state index contributed by atoms with van der Waals surface area (Å²) in [6.45, 7) is 5.05. The van der Waals surface area contributed by atoms with Gasteiger partial charge in [-0.2, -0.15) is 0 Å². The quantitative estimate of drug-likeness (QED) is 0.870. The Morgan fingerprint density at radius 2 is 2.00 bits per heavy atom. The van der Waals surface area contributed by atoms with Crippen LogP contribution in [0.5, 0.6) is 0 Å². The molecule has 1 atom stereocenters. The van der Waals surface area contributed by atoms with Gasteiger partial charge in [-0.1, -0.05) is 31.2 Å². The standard InChI is InChI=1S/C18H21N3O2/c1-3-10-20-12-16(22)21(13(2)18(20)23)11-15-7-4-6-14-8-5-9-19-17(14)15/h4-9,13H,3,10-12H2,1-2H3/t13-/m0/s1. The average Bonchev–Trinajstić information content (AvgIpc) is 2.56. The smallest absolute Gasteiger partial charge is 0.245 e. The molecular weight excluding hydrogens is 290 g/mol. The highest BCUT2D eigenvalue weighted by Gasteiger charge is 2.36. The van der Waals surface area contributed by atoms with Gasteiger partial charge in [-0.25, -0.2) is 0 Å². The van der Waals surface area contributed by atoms with E-state index in [9.17, 15) is 9.59 Å². The summed E-state index contributed by atoms with van der Waals surface area (Å²) >= 11 is 0. The van der Waals surface area contributed by atoms with Gasteiger partial charge in [0.2, 0.25) is 11.8 Å². The number of rotatable bonds is 4. The lowest BCUT2D eigenvalue weighted by atomic mass is 10.1. The van der Waals surface area contributed by atoms with Crippen LogP contribution in [0.2, 0.25) is 0 Å². The van der Waals surface area contributed by atoms with E-state index in [1.54, 1.807) is 22.9 Å². The molecule has 2 amide bonds. The fourth-order valence-electron chi connectivity index (χ4n) is 3.11. The molecule has 1 aromatic heterocycles. The Bertz CT molecular complexity index is 739. The van der Waals surface area contributed by atoms with Gasteiger partial charge in [-0.05, 0) is 25.0 Å². The van der Waals surface area contributed by atoms with Gasteiger partial charge in [0.1, 0.15) is 6.04 Å². The minimum absolute atomic E-state index is 0.00140. The van der Waals surface area contributed by atoms with E-state index in [1.165, 1.54) is 0 Å². The Morgan fingerprint density at radius 1 is 1.22 bits per heavy atom. The molecule has 0 bridgehead atoms. The molecule has 23 heavy (non-hydrogen) atoms. The second-order valence-electron chi connectivity index (χ2n) is 5.95. The molecule has 1 aliphatic rings. The number of nitrogens with zero attached hydrogens (tertiary/aromatic N) is 3. The summed E-state index contributed by atoms with van der Waals surface area (Å²) < 4.78 is 0. The molecule has 1 aliphatic heterocycles. The van der Waals surface area contributed by atoms with Gasteiger partial charge in [-0.15, -0.1) is 0 Å². The molecule has 0 radical (unpaired) electrons. The van der Waals surface area contributed by atoms with Crippen molar-refractivity contribution < 1.29 is 9.59 Å². The van der Waals surface area contributed by atoms with Crippen LogP contribution in [0, 0.1) is 0 Å². The van der Waals surface area contributed by atoms with Gasteiger partial charge >= 0.3 is 0 Å². The Hall–Kier alpha value is -2.43. The number of hydrogen-bond acceptors (Lipinski definition) is 3. The van der Waals surface area contributed by atoms with E-state index >= 15 is 0 Å². The lowest BCUT2D eigenvalue weighted by Crippen LogP contribution is -2.58. The first-order valence-electron chi connectivity index (χ1n) is 8.02. The van der Waals surface area contributed by atoms with Crippen LogP contribution in [0.15, 0.2) is 36.5 Å². The maximum atomic E-state index is 12.5. The Labute approximate surface area is 135 Å². The van der Waals surface area contributed by atoms with Crippen LogP contribution in [-0.4, -0.2) is 45.7 Å². The molecular formula is C18H21N3O2. The molecule has 2 aromatic rings. The van der Waals surface area contributed by atoms with Crippen molar-refractivity contribution in [1.82, 2.24) is 14.8 Å². The molecule has 5 nitrogen and oxygen atoms in total. The molecule has 0 aliphatic carbocycles. The second kappa shape index (κ2) is 6.36. The first-order chi connectivity index (χ1) is 11.1. The van der Waals surface area contributed by atoms with E-state index in [1.807, 2.05) is 37.3 Å². The zero-order valence-electron chi connectivity index (χ0n) is 13.5. The summed E-state index contributed by atoms with van der Waals surface area (Å²) in [6, 6.07) is 9.40. The van der Waals surface area contributed by atoms with Gasteiger partial charge in [0, 0.05) is 24.7 Å². The number of benzene rings is 1. The number of carbonyl (C=O) groups excluding carboxylic acids is 2. The maximum Gasteiger partial charge on any atom is 0.245 e. The number of para-hydroxylation sites is 1. The summed E-state index contributed by atoms with van der Waals surface area (Å²) in [4.78, 5) is 32.7. The fraction of sp³-hybridized carbons (Fsp3) is 0.389. The van der Waals surface area contributed by atoms with Gasteiger partial charge < -0.3 is 9.80 Å². The topological polar surface area (TPSA) is 53.5 Å². The highest BCUT2D eigenvalue weighted by molar-refractivity contribution is 5.95. The van der Waals surface area contributed by atoms with E-state index in [0.717, 1.165) is 22.9 Å². The van der Waals surface area contributed by atoms with Crippen LogP contribution in [0.1, 0.15) is 25.8 Å². The molecule has 0 spiro atoms. The molecule has 2 heterocycles. The van der Waals surface area contributed by atoms with Crippen molar-refractivity contribution >= 4 is 22.7 Å². The van der Waals surface area contributed by atoms with Crippen LogP contribution in [0.4, 0.5) is 0 Å². The van der Waals surface area contributed by atoms with E-state index < -0.39 is 6.04 Å². The maximum absolute atomic E-state index is 12.5. The second-order valence-corrected chi connectivity index (χ2v) is 5.95. The number of pyridine rings is 1. The lowest BCUT2D eigenvalue weighted by Gasteiger charge is -2.38. The van der Waals surface area contributed by atoms with Gasteiger partial charge in [0.05, 0.1) is 12.1 Å². The third-order valence-electron chi connectivity index (χ3n) is 4.33. The minimum atomic E-state index is -0.429. The first-order valence-corrected chi connectivity index (χ1v) is 8.02. The van der Waals surface area contributed by atoms with Crippen molar-refractivity contribution in [2.75, 3.05) is 13.1 Å². The molecule has 3 rings (SSSR count). The summed E-state index contributed by atoms with van der Waals surface area (Å²) in [5.74, 6) is 0.0260.